The van der Waals surface area contributed by atoms with E-state index in [2.05, 4.69) is 29.1 Å². The fraction of sp³-hybridized carbons (Fsp3) is 0.733. The molecule has 0 radical (unpaired) electrons. The SMILES string of the molecule is CCc1cc(NCC2(O)CCC(CC)CC2)ncn1. The Labute approximate surface area is 115 Å². The minimum absolute atomic E-state index is 0.566. The van der Waals surface area contributed by atoms with Gasteiger partial charge in [0.1, 0.15) is 12.1 Å². The molecule has 1 aliphatic rings. The molecule has 19 heavy (non-hydrogen) atoms. The minimum Gasteiger partial charge on any atom is -0.388 e. The van der Waals surface area contributed by atoms with E-state index in [-0.39, 0.29) is 0 Å². The predicted molar refractivity (Wildman–Crippen MR) is 77.1 cm³/mol. The number of rotatable bonds is 5. The molecule has 0 atom stereocenters. The van der Waals surface area contributed by atoms with Crippen LogP contribution in [0, 0.1) is 5.92 Å². The molecule has 0 spiro atoms. The Morgan fingerprint density at radius 3 is 2.68 bits per heavy atom. The summed E-state index contributed by atoms with van der Waals surface area (Å²) in [7, 11) is 0. The van der Waals surface area contributed by atoms with Crippen molar-refractivity contribution in [2.24, 2.45) is 5.92 Å². The monoisotopic (exact) mass is 263 g/mol. The van der Waals surface area contributed by atoms with Gasteiger partial charge in [-0.25, -0.2) is 9.97 Å². The summed E-state index contributed by atoms with van der Waals surface area (Å²) in [5.74, 6) is 1.61. The molecule has 106 valence electrons. The molecule has 4 nitrogen and oxygen atoms in total. The minimum atomic E-state index is -0.566. The van der Waals surface area contributed by atoms with Gasteiger partial charge >= 0.3 is 0 Å². The number of aromatic nitrogens is 2. The lowest BCUT2D eigenvalue weighted by molar-refractivity contribution is 0.00223. The van der Waals surface area contributed by atoms with Gasteiger partial charge in [-0.2, -0.15) is 0 Å². The van der Waals surface area contributed by atoms with Gasteiger partial charge in [-0.05, 0) is 38.0 Å². The molecule has 0 saturated heterocycles. The molecule has 1 aromatic rings. The predicted octanol–water partition coefficient (Wildman–Crippen LogP) is 2.78. The van der Waals surface area contributed by atoms with Crippen LogP contribution in [0.3, 0.4) is 0 Å². The van der Waals surface area contributed by atoms with E-state index in [1.165, 1.54) is 6.42 Å². The van der Waals surface area contributed by atoms with Crippen LogP contribution < -0.4 is 5.32 Å². The second-order valence-electron chi connectivity index (χ2n) is 5.68. The van der Waals surface area contributed by atoms with Crippen molar-refractivity contribution < 1.29 is 5.11 Å². The number of nitrogens with one attached hydrogen (secondary N) is 1. The highest BCUT2D eigenvalue weighted by molar-refractivity contribution is 5.35. The van der Waals surface area contributed by atoms with Crippen LogP contribution in [0.1, 0.15) is 51.6 Å². The molecular formula is C15H25N3O. The molecule has 1 aromatic heterocycles. The number of nitrogens with zero attached hydrogens (tertiary/aromatic N) is 2. The van der Waals surface area contributed by atoms with Gasteiger partial charge in [0.05, 0.1) is 5.60 Å². The van der Waals surface area contributed by atoms with Gasteiger partial charge in [-0.1, -0.05) is 20.3 Å². The number of aliphatic hydroxyl groups is 1. The van der Waals surface area contributed by atoms with Crippen molar-refractivity contribution in [1.29, 1.82) is 0 Å². The van der Waals surface area contributed by atoms with Crippen LogP contribution in [-0.4, -0.2) is 27.2 Å². The molecule has 0 aromatic carbocycles. The fourth-order valence-electron chi connectivity index (χ4n) is 2.74. The van der Waals surface area contributed by atoms with E-state index in [0.717, 1.165) is 49.5 Å². The summed E-state index contributed by atoms with van der Waals surface area (Å²) in [5.41, 5.74) is 0.461. The third kappa shape index (κ3) is 3.90. The zero-order valence-electron chi connectivity index (χ0n) is 12.0. The standard InChI is InChI=1S/C15H25N3O/c1-3-12-5-7-15(19,8-6-12)10-16-14-9-13(4-2)17-11-18-14/h9,11-12,19H,3-8,10H2,1-2H3,(H,16,17,18). The zero-order valence-corrected chi connectivity index (χ0v) is 12.0. The smallest absolute Gasteiger partial charge is 0.129 e. The molecule has 0 bridgehead atoms. The van der Waals surface area contributed by atoms with Crippen molar-refractivity contribution in [3.63, 3.8) is 0 Å². The van der Waals surface area contributed by atoms with Crippen LogP contribution in [0.15, 0.2) is 12.4 Å². The van der Waals surface area contributed by atoms with Crippen LogP contribution in [0.4, 0.5) is 5.82 Å². The van der Waals surface area contributed by atoms with E-state index < -0.39 is 5.60 Å². The average Bonchev–Trinajstić information content (AvgIpc) is 2.46. The largest absolute Gasteiger partial charge is 0.388 e. The van der Waals surface area contributed by atoms with Crippen LogP contribution in [0.25, 0.3) is 0 Å². The Hall–Kier alpha value is -1.16. The van der Waals surface area contributed by atoms with E-state index in [4.69, 9.17) is 0 Å². The number of hydrogen-bond acceptors (Lipinski definition) is 4. The first kappa shape index (κ1) is 14.3. The summed E-state index contributed by atoms with van der Waals surface area (Å²) in [4.78, 5) is 8.38. The van der Waals surface area contributed by atoms with Crippen LogP contribution in [-0.2, 0) is 6.42 Å². The first-order valence-corrected chi connectivity index (χ1v) is 7.42. The molecule has 2 rings (SSSR count). The van der Waals surface area contributed by atoms with Gasteiger partial charge in [-0.15, -0.1) is 0 Å². The van der Waals surface area contributed by atoms with Gasteiger partial charge in [0.15, 0.2) is 0 Å². The zero-order chi connectivity index (χ0) is 13.7. The van der Waals surface area contributed by atoms with Crippen molar-refractivity contribution in [3.8, 4) is 0 Å². The van der Waals surface area contributed by atoms with Crippen molar-refractivity contribution in [3.05, 3.63) is 18.1 Å². The Balaban J connectivity index is 1.87. The third-order valence-corrected chi connectivity index (χ3v) is 4.30. The third-order valence-electron chi connectivity index (χ3n) is 4.30. The van der Waals surface area contributed by atoms with Gasteiger partial charge < -0.3 is 10.4 Å². The number of aryl methyl sites for hydroxylation is 1. The van der Waals surface area contributed by atoms with Crippen molar-refractivity contribution >= 4 is 5.82 Å². The molecular weight excluding hydrogens is 238 g/mol. The van der Waals surface area contributed by atoms with Crippen molar-refractivity contribution in [1.82, 2.24) is 9.97 Å². The maximum absolute atomic E-state index is 10.6. The number of hydrogen-bond donors (Lipinski definition) is 2. The van der Waals surface area contributed by atoms with Gasteiger partial charge in [-0.3, -0.25) is 0 Å². The maximum atomic E-state index is 10.6. The van der Waals surface area contributed by atoms with Crippen LogP contribution >= 0.6 is 0 Å². The molecule has 1 fully saturated rings. The highest BCUT2D eigenvalue weighted by Gasteiger charge is 2.32. The van der Waals surface area contributed by atoms with Crippen molar-refractivity contribution in [2.45, 2.75) is 58.0 Å². The lowest BCUT2D eigenvalue weighted by atomic mass is 9.78. The Kier molecular flexibility index (Phi) is 4.75. The highest BCUT2D eigenvalue weighted by Crippen LogP contribution is 2.33. The molecule has 4 heteroatoms. The summed E-state index contributed by atoms with van der Waals surface area (Å²) in [6.45, 7) is 4.90. The van der Waals surface area contributed by atoms with Gasteiger partial charge in [0.25, 0.3) is 0 Å². The normalized spacial score (nSPS) is 27.2. The average molecular weight is 263 g/mol. The Bertz CT molecular complexity index is 400. The second kappa shape index (κ2) is 6.33. The Morgan fingerprint density at radius 1 is 1.32 bits per heavy atom. The molecule has 2 N–H and O–H groups in total. The van der Waals surface area contributed by atoms with Gasteiger partial charge in [0, 0.05) is 18.3 Å². The molecule has 1 aliphatic carbocycles. The quantitative estimate of drug-likeness (QED) is 0.857. The molecule has 1 saturated carbocycles. The summed E-state index contributed by atoms with van der Waals surface area (Å²) < 4.78 is 0. The van der Waals surface area contributed by atoms with Gasteiger partial charge in [0.2, 0.25) is 0 Å². The first-order chi connectivity index (χ1) is 9.15. The van der Waals surface area contributed by atoms with Crippen molar-refractivity contribution in [2.75, 3.05) is 11.9 Å². The van der Waals surface area contributed by atoms with Crippen LogP contribution in [0.2, 0.25) is 0 Å². The summed E-state index contributed by atoms with van der Waals surface area (Å²) in [6.07, 6.45) is 7.78. The molecule has 1 heterocycles. The van der Waals surface area contributed by atoms with E-state index in [9.17, 15) is 5.11 Å². The topological polar surface area (TPSA) is 58.0 Å². The fourth-order valence-corrected chi connectivity index (χ4v) is 2.74. The van der Waals surface area contributed by atoms with E-state index in [0.29, 0.717) is 6.54 Å². The molecule has 0 amide bonds. The Morgan fingerprint density at radius 2 is 2.05 bits per heavy atom. The summed E-state index contributed by atoms with van der Waals surface area (Å²) in [5, 5.41) is 13.8. The summed E-state index contributed by atoms with van der Waals surface area (Å²) in [6, 6.07) is 1.96. The lowest BCUT2D eigenvalue weighted by Gasteiger charge is -2.36. The van der Waals surface area contributed by atoms with E-state index in [1.54, 1.807) is 6.33 Å². The highest BCUT2D eigenvalue weighted by atomic mass is 16.3. The van der Waals surface area contributed by atoms with Crippen LogP contribution in [0.5, 0.6) is 0 Å². The molecule has 0 aliphatic heterocycles. The van der Waals surface area contributed by atoms with E-state index in [1.807, 2.05) is 6.07 Å². The maximum Gasteiger partial charge on any atom is 0.129 e. The second-order valence-corrected chi connectivity index (χ2v) is 5.68. The number of anilines is 1. The van der Waals surface area contributed by atoms with E-state index >= 15 is 0 Å². The molecule has 0 unspecified atom stereocenters. The lowest BCUT2D eigenvalue weighted by Crippen LogP contribution is -2.40. The summed E-state index contributed by atoms with van der Waals surface area (Å²) >= 11 is 0. The first-order valence-electron chi connectivity index (χ1n) is 7.42.